The molecule has 0 saturated carbocycles. The molecular weight excluding hydrogens is 481 g/mol. The molecule has 0 unspecified atom stereocenters. The predicted octanol–water partition coefficient (Wildman–Crippen LogP) is 4.05. The second-order valence-electron chi connectivity index (χ2n) is 9.20. The molecule has 1 aliphatic heterocycles. The first-order valence-corrected chi connectivity index (χ1v) is 12.2. The summed E-state index contributed by atoms with van der Waals surface area (Å²) in [6.07, 6.45) is -4.37. The molecule has 4 aromatic rings. The maximum atomic E-state index is 13.1. The molecule has 0 N–H and O–H groups in total. The fourth-order valence-corrected chi connectivity index (χ4v) is 4.87. The predicted molar refractivity (Wildman–Crippen MR) is 138 cm³/mol. The van der Waals surface area contributed by atoms with Crippen molar-refractivity contribution in [2.75, 3.05) is 37.6 Å². The van der Waals surface area contributed by atoms with Crippen LogP contribution < -0.4 is 16.0 Å². The third-order valence-corrected chi connectivity index (χ3v) is 6.87. The topological polar surface area (TPSA) is 50.5 Å². The quantitative estimate of drug-likeness (QED) is 0.369. The Morgan fingerprint density at radius 3 is 1.97 bits per heavy atom. The molecule has 192 valence electrons. The number of anilines is 1. The molecule has 0 aliphatic carbocycles. The second-order valence-corrected chi connectivity index (χ2v) is 9.20. The molecule has 2 heterocycles. The summed E-state index contributed by atoms with van der Waals surface area (Å²) in [6.45, 7) is 3.67. The number of para-hydroxylation sites is 2. The zero-order chi connectivity index (χ0) is 26.0. The average molecular weight is 509 g/mol. The van der Waals surface area contributed by atoms with Crippen LogP contribution in [0.2, 0.25) is 0 Å². The SMILES string of the molecule is O=c1c(=O)n(Cc2ccccc2)c2ccccc2n1CCN1CCN(c2cccc(C(F)(F)F)c2)CC1. The molecule has 1 aromatic heterocycles. The van der Waals surface area contributed by atoms with Crippen LogP contribution in [-0.2, 0) is 19.3 Å². The molecule has 6 nitrogen and oxygen atoms in total. The average Bonchev–Trinajstić information content (AvgIpc) is 2.92. The van der Waals surface area contributed by atoms with Crippen molar-refractivity contribution in [1.82, 2.24) is 14.0 Å². The van der Waals surface area contributed by atoms with E-state index in [9.17, 15) is 22.8 Å². The van der Waals surface area contributed by atoms with Gasteiger partial charge in [0.2, 0.25) is 0 Å². The third-order valence-electron chi connectivity index (χ3n) is 6.87. The number of halogens is 3. The molecule has 1 saturated heterocycles. The summed E-state index contributed by atoms with van der Waals surface area (Å²) in [6, 6.07) is 22.3. The van der Waals surface area contributed by atoms with Crippen LogP contribution >= 0.6 is 0 Å². The second kappa shape index (κ2) is 10.3. The van der Waals surface area contributed by atoms with E-state index < -0.39 is 22.9 Å². The van der Waals surface area contributed by atoms with E-state index in [2.05, 4.69) is 4.90 Å². The maximum Gasteiger partial charge on any atom is 0.416 e. The monoisotopic (exact) mass is 508 g/mol. The van der Waals surface area contributed by atoms with Gasteiger partial charge in [0.25, 0.3) is 0 Å². The van der Waals surface area contributed by atoms with Crippen LogP contribution in [0.25, 0.3) is 11.0 Å². The summed E-state index contributed by atoms with van der Waals surface area (Å²) in [5, 5.41) is 0. The Labute approximate surface area is 211 Å². The van der Waals surface area contributed by atoms with Gasteiger partial charge in [-0.05, 0) is 35.9 Å². The fraction of sp³-hybridized carbons (Fsp3) is 0.286. The molecular formula is C28H27F3N4O2. The molecule has 0 atom stereocenters. The largest absolute Gasteiger partial charge is 0.416 e. The number of alkyl halides is 3. The van der Waals surface area contributed by atoms with Crippen molar-refractivity contribution in [2.24, 2.45) is 0 Å². The van der Waals surface area contributed by atoms with Crippen molar-refractivity contribution in [2.45, 2.75) is 19.3 Å². The summed E-state index contributed by atoms with van der Waals surface area (Å²) in [4.78, 5) is 30.3. The van der Waals surface area contributed by atoms with E-state index in [-0.39, 0.29) is 0 Å². The standard InChI is InChI=1S/C28H27F3N4O2/c29-28(30,31)22-9-6-10-23(19-22)33-16-13-32(14-17-33)15-18-34-24-11-4-5-12-25(24)35(27(37)26(34)36)20-21-7-2-1-3-8-21/h1-12,19H,13-18,20H2. The Hall–Kier alpha value is -3.85. The molecule has 0 bridgehead atoms. The number of aromatic nitrogens is 2. The molecule has 9 heteroatoms. The minimum Gasteiger partial charge on any atom is -0.369 e. The fourth-order valence-electron chi connectivity index (χ4n) is 4.87. The Kier molecular flexibility index (Phi) is 6.88. The summed E-state index contributed by atoms with van der Waals surface area (Å²) in [5.74, 6) is 0. The van der Waals surface area contributed by atoms with Crippen LogP contribution in [0.15, 0.2) is 88.5 Å². The number of fused-ring (bicyclic) bond motifs is 1. The Balaban J connectivity index is 1.31. The summed E-state index contributed by atoms with van der Waals surface area (Å²) in [7, 11) is 0. The number of benzene rings is 3. The van der Waals surface area contributed by atoms with E-state index in [1.54, 1.807) is 10.6 Å². The molecule has 1 fully saturated rings. The van der Waals surface area contributed by atoms with Gasteiger partial charge in [-0.1, -0.05) is 48.5 Å². The van der Waals surface area contributed by atoms with E-state index in [0.717, 1.165) is 11.6 Å². The lowest BCUT2D eigenvalue weighted by Gasteiger charge is -2.36. The van der Waals surface area contributed by atoms with Crippen LogP contribution in [0, 0.1) is 0 Å². The summed E-state index contributed by atoms with van der Waals surface area (Å²) < 4.78 is 42.3. The van der Waals surface area contributed by atoms with Crippen LogP contribution in [0.1, 0.15) is 11.1 Å². The molecule has 5 rings (SSSR count). The summed E-state index contributed by atoms with van der Waals surface area (Å²) in [5.41, 5.74) is 1.12. The van der Waals surface area contributed by atoms with Crippen LogP contribution in [-0.4, -0.2) is 46.8 Å². The van der Waals surface area contributed by atoms with Crippen molar-refractivity contribution in [3.63, 3.8) is 0 Å². The van der Waals surface area contributed by atoms with E-state index in [1.807, 2.05) is 59.5 Å². The van der Waals surface area contributed by atoms with Crippen LogP contribution in [0.5, 0.6) is 0 Å². The van der Waals surface area contributed by atoms with Gasteiger partial charge >= 0.3 is 17.3 Å². The number of nitrogens with zero attached hydrogens (tertiary/aromatic N) is 4. The zero-order valence-corrected chi connectivity index (χ0v) is 20.2. The van der Waals surface area contributed by atoms with E-state index in [4.69, 9.17) is 0 Å². The number of hydrogen-bond acceptors (Lipinski definition) is 4. The zero-order valence-electron chi connectivity index (χ0n) is 20.2. The first-order valence-electron chi connectivity index (χ1n) is 12.2. The summed E-state index contributed by atoms with van der Waals surface area (Å²) >= 11 is 0. The minimum atomic E-state index is -4.37. The van der Waals surface area contributed by atoms with Crippen molar-refractivity contribution in [3.05, 3.63) is 111 Å². The first kappa shape index (κ1) is 24.8. The lowest BCUT2D eigenvalue weighted by atomic mass is 10.1. The minimum absolute atomic E-state index is 0.313. The normalized spacial score (nSPS) is 14.8. The molecule has 1 aliphatic rings. The molecule has 0 amide bonds. The Morgan fingerprint density at radius 1 is 0.676 bits per heavy atom. The van der Waals surface area contributed by atoms with Gasteiger partial charge in [-0.2, -0.15) is 13.2 Å². The first-order chi connectivity index (χ1) is 17.8. The number of hydrogen-bond donors (Lipinski definition) is 0. The molecule has 37 heavy (non-hydrogen) atoms. The van der Waals surface area contributed by atoms with Gasteiger partial charge in [-0.3, -0.25) is 19.1 Å². The van der Waals surface area contributed by atoms with Gasteiger partial charge in [0.1, 0.15) is 0 Å². The van der Waals surface area contributed by atoms with Gasteiger partial charge < -0.3 is 9.47 Å². The van der Waals surface area contributed by atoms with Crippen molar-refractivity contribution < 1.29 is 13.2 Å². The highest BCUT2D eigenvalue weighted by molar-refractivity contribution is 5.75. The van der Waals surface area contributed by atoms with E-state index in [0.29, 0.717) is 62.5 Å². The highest BCUT2D eigenvalue weighted by Crippen LogP contribution is 2.31. The van der Waals surface area contributed by atoms with Crippen molar-refractivity contribution in [3.8, 4) is 0 Å². The molecule has 0 radical (unpaired) electrons. The number of rotatable bonds is 6. The van der Waals surface area contributed by atoms with Gasteiger partial charge in [0, 0.05) is 45.0 Å². The van der Waals surface area contributed by atoms with E-state index >= 15 is 0 Å². The van der Waals surface area contributed by atoms with Gasteiger partial charge in [0.15, 0.2) is 0 Å². The van der Waals surface area contributed by atoms with Gasteiger partial charge in [-0.15, -0.1) is 0 Å². The highest BCUT2D eigenvalue weighted by Gasteiger charge is 2.31. The Bertz CT molecular complexity index is 1500. The van der Waals surface area contributed by atoms with Crippen molar-refractivity contribution in [1.29, 1.82) is 0 Å². The molecule has 0 spiro atoms. The molecule has 3 aromatic carbocycles. The lowest BCUT2D eigenvalue weighted by molar-refractivity contribution is -0.137. The van der Waals surface area contributed by atoms with Gasteiger partial charge in [0.05, 0.1) is 23.1 Å². The van der Waals surface area contributed by atoms with E-state index in [1.165, 1.54) is 16.7 Å². The Morgan fingerprint density at radius 2 is 1.30 bits per heavy atom. The smallest absolute Gasteiger partial charge is 0.369 e. The van der Waals surface area contributed by atoms with Crippen molar-refractivity contribution >= 4 is 16.7 Å². The van der Waals surface area contributed by atoms with Crippen LogP contribution in [0.3, 0.4) is 0 Å². The van der Waals surface area contributed by atoms with Crippen LogP contribution in [0.4, 0.5) is 18.9 Å². The lowest BCUT2D eigenvalue weighted by Crippen LogP contribution is -2.48. The third kappa shape index (κ3) is 5.32. The number of piperazine rings is 1. The maximum absolute atomic E-state index is 13.1. The van der Waals surface area contributed by atoms with Gasteiger partial charge in [-0.25, -0.2) is 0 Å². The highest BCUT2D eigenvalue weighted by atomic mass is 19.4.